The molecule has 13 heteroatoms. The van der Waals surface area contributed by atoms with Gasteiger partial charge in [0, 0.05) is 17.4 Å². The molecule has 5 rings (SSSR count). The average molecular weight is 508 g/mol. The molecule has 0 bridgehead atoms. The maximum Gasteiger partial charge on any atom is 0.475 e. The fourth-order valence-electron chi connectivity index (χ4n) is 4.40. The quantitative estimate of drug-likeness (QED) is 0.349. The summed E-state index contributed by atoms with van der Waals surface area (Å²) in [5.41, 5.74) is 7.04. The van der Waals surface area contributed by atoms with Gasteiger partial charge in [0.1, 0.15) is 0 Å². The lowest BCUT2D eigenvalue weighted by atomic mass is 10.0. The number of hydrogen-bond acceptors (Lipinski definition) is 9. The lowest BCUT2D eigenvalue weighted by molar-refractivity contribution is 0.0166. The van der Waals surface area contributed by atoms with Crippen molar-refractivity contribution >= 4 is 36.5 Å². The van der Waals surface area contributed by atoms with Crippen LogP contribution in [0.1, 0.15) is 30.6 Å². The maximum atomic E-state index is 13.1. The molecule has 34 heavy (non-hydrogen) atoms. The Hall–Kier alpha value is -2.53. The zero-order valence-electron chi connectivity index (χ0n) is 18.0. The Kier molecular flexibility index (Phi) is 6.09. The van der Waals surface area contributed by atoms with Gasteiger partial charge in [0.15, 0.2) is 11.2 Å². The van der Waals surface area contributed by atoms with E-state index in [1.54, 1.807) is 22.8 Å². The van der Waals surface area contributed by atoms with Gasteiger partial charge < -0.3 is 15.4 Å². The Morgan fingerprint density at radius 1 is 1.44 bits per heavy atom. The second-order valence-corrected chi connectivity index (χ2v) is 10.3. The largest absolute Gasteiger partial charge is 0.475 e. The number of rotatable bonds is 5. The average Bonchev–Trinajstić information content (AvgIpc) is 3.33. The van der Waals surface area contributed by atoms with Gasteiger partial charge in [-0.05, 0) is 29.7 Å². The summed E-state index contributed by atoms with van der Waals surface area (Å²) in [5, 5.41) is 11.3. The monoisotopic (exact) mass is 507 g/mol. The third kappa shape index (κ3) is 4.31. The molecule has 5 atom stereocenters. The highest BCUT2D eigenvalue weighted by Crippen LogP contribution is 2.58. The van der Waals surface area contributed by atoms with E-state index in [2.05, 4.69) is 21.5 Å². The van der Waals surface area contributed by atoms with E-state index in [0.717, 1.165) is 5.56 Å². The van der Waals surface area contributed by atoms with Crippen LogP contribution in [-0.2, 0) is 18.1 Å². The van der Waals surface area contributed by atoms with E-state index in [9.17, 15) is 14.5 Å². The number of phosphoric acid groups is 1. The third-order valence-electron chi connectivity index (χ3n) is 6.14. The molecule has 11 nitrogen and oxygen atoms in total. The zero-order chi connectivity index (χ0) is 24.0. The maximum absolute atomic E-state index is 13.1. The number of fused-ring (bicyclic) bond motifs is 1. The van der Waals surface area contributed by atoms with E-state index in [-0.39, 0.29) is 36.7 Å². The number of nitrogens with two attached hydrogens (primary N) is 1. The number of nitrogens with zero attached hydrogens (tertiary/aromatic N) is 3. The first-order valence-electron chi connectivity index (χ1n) is 10.7. The molecule has 1 aromatic carbocycles. The summed E-state index contributed by atoms with van der Waals surface area (Å²) in [6.07, 6.45) is 0.911. The Labute approximate surface area is 199 Å². The van der Waals surface area contributed by atoms with Crippen molar-refractivity contribution in [3.63, 3.8) is 0 Å². The number of aromatic nitrogens is 4. The number of phosphoric ester groups is 1. The summed E-state index contributed by atoms with van der Waals surface area (Å²) in [5.74, 6) is -0.589. The van der Waals surface area contributed by atoms with Crippen LogP contribution in [0, 0.1) is 5.92 Å². The zero-order valence-corrected chi connectivity index (χ0v) is 19.6. The number of aliphatic hydroxyl groups is 1. The fourth-order valence-corrected chi connectivity index (χ4v) is 6.01. The van der Waals surface area contributed by atoms with Crippen molar-refractivity contribution in [2.75, 3.05) is 18.9 Å². The van der Waals surface area contributed by atoms with E-state index >= 15 is 0 Å². The molecule has 2 fully saturated rings. The van der Waals surface area contributed by atoms with Gasteiger partial charge in [-0.25, -0.2) is 9.55 Å². The number of nitrogens with one attached hydrogen (secondary N) is 1. The van der Waals surface area contributed by atoms with Crippen LogP contribution in [-0.4, -0.2) is 43.9 Å². The van der Waals surface area contributed by atoms with Crippen LogP contribution >= 0.6 is 19.4 Å². The molecule has 2 aliphatic rings. The van der Waals surface area contributed by atoms with Crippen molar-refractivity contribution in [1.29, 1.82) is 0 Å². The predicted octanol–water partition coefficient (Wildman–Crippen LogP) is 3.14. The van der Waals surface area contributed by atoms with Gasteiger partial charge in [-0.2, -0.15) is 4.98 Å². The molecule has 1 unspecified atom stereocenters. The molecule has 4 N–H and O–H groups in total. The van der Waals surface area contributed by atoms with Crippen molar-refractivity contribution < 1.29 is 23.2 Å². The first-order chi connectivity index (χ1) is 16.2. The molecule has 1 saturated heterocycles. The summed E-state index contributed by atoms with van der Waals surface area (Å²) in [6.45, 7) is 4.18. The number of anilines is 1. The summed E-state index contributed by atoms with van der Waals surface area (Å²) >= 11 is 6.06. The molecular formula is C21H23ClN5O6P. The SMILES string of the molecule is C=C1[C@H](COP2(=O)OCC[C@H](c3cccc(Cl)c3)O2)[C@@H](O)C[C@@H]1n1cnc2c(=O)[nH]c(N)nc21. The third-order valence-corrected chi connectivity index (χ3v) is 7.85. The van der Waals surface area contributed by atoms with E-state index in [1.165, 1.54) is 6.33 Å². The van der Waals surface area contributed by atoms with Gasteiger partial charge in [-0.15, -0.1) is 0 Å². The predicted molar refractivity (Wildman–Crippen MR) is 124 cm³/mol. The van der Waals surface area contributed by atoms with E-state index in [4.69, 9.17) is 30.9 Å². The van der Waals surface area contributed by atoms with Crippen molar-refractivity contribution in [3.05, 3.63) is 63.7 Å². The molecule has 0 spiro atoms. The van der Waals surface area contributed by atoms with Crippen LogP contribution in [0.5, 0.6) is 0 Å². The van der Waals surface area contributed by atoms with E-state index in [0.29, 0.717) is 17.0 Å². The number of H-pyrrole nitrogens is 1. The Balaban J connectivity index is 1.30. The van der Waals surface area contributed by atoms with Crippen LogP contribution in [0.4, 0.5) is 5.95 Å². The molecule has 1 saturated carbocycles. The Morgan fingerprint density at radius 3 is 3.06 bits per heavy atom. The number of imidazole rings is 1. The van der Waals surface area contributed by atoms with E-state index in [1.807, 2.05) is 6.07 Å². The van der Waals surface area contributed by atoms with Crippen molar-refractivity contribution in [3.8, 4) is 0 Å². The highest BCUT2D eigenvalue weighted by molar-refractivity contribution is 7.48. The van der Waals surface area contributed by atoms with Crippen LogP contribution < -0.4 is 11.3 Å². The van der Waals surface area contributed by atoms with Gasteiger partial charge in [0.05, 0.1) is 37.8 Å². The summed E-state index contributed by atoms with van der Waals surface area (Å²) < 4.78 is 31.4. The molecule has 0 amide bonds. The second-order valence-electron chi connectivity index (χ2n) is 8.29. The minimum absolute atomic E-state index is 0.0396. The molecule has 2 aromatic heterocycles. The Morgan fingerprint density at radius 2 is 2.26 bits per heavy atom. The molecule has 1 aliphatic heterocycles. The first-order valence-corrected chi connectivity index (χ1v) is 12.5. The summed E-state index contributed by atoms with van der Waals surface area (Å²) in [7, 11) is -3.88. The number of hydrogen-bond donors (Lipinski definition) is 3. The van der Waals surface area contributed by atoms with Crippen molar-refractivity contribution in [1.82, 2.24) is 19.5 Å². The van der Waals surface area contributed by atoms with Crippen molar-refractivity contribution in [2.45, 2.75) is 31.1 Å². The molecule has 3 heterocycles. The van der Waals surface area contributed by atoms with Gasteiger partial charge >= 0.3 is 7.82 Å². The van der Waals surface area contributed by atoms with Crippen LogP contribution in [0.25, 0.3) is 11.2 Å². The van der Waals surface area contributed by atoms with Gasteiger partial charge in [0.2, 0.25) is 5.95 Å². The molecule has 1 aliphatic carbocycles. The van der Waals surface area contributed by atoms with E-state index < -0.39 is 37.5 Å². The molecule has 0 radical (unpaired) electrons. The summed E-state index contributed by atoms with van der Waals surface area (Å²) in [4.78, 5) is 22.8. The van der Waals surface area contributed by atoms with Crippen LogP contribution in [0.2, 0.25) is 5.02 Å². The fraction of sp³-hybridized carbons (Fsp3) is 0.381. The van der Waals surface area contributed by atoms with Gasteiger partial charge in [0.25, 0.3) is 5.56 Å². The molecule has 3 aromatic rings. The smallest absolute Gasteiger partial charge is 0.392 e. The normalized spacial score (nSPS) is 29.6. The number of aliphatic hydroxyl groups excluding tert-OH is 1. The van der Waals surface area contributed by atoms with Crippen LogP contribution in [0.3, 0.4) is 0 Å². The lowest BCUT2D eigenvalue weighted by Gasteiger charge is -2.30. The number of nitrogen functional groups attached to an aromatic ring is 1. The number of aromatic amines is 1. The minimum Gasteiger partial charge on any atom is -0.392 e. The highest BCUT2D eigenvalue weighted by Gasteiger charge is 2.42. The first kappa shape index (κ1) is 23.2. The molecular weight excluding hydrogens is 485 g/mol. The second kappa shape index (κ2) is 8.92. The Bertz CT molecular complexity index is 1360. The number of halogens is 1. The number of benzene rings is 1. The lowest BCUT2D eigenvalue weighted by Crippen LogP contribution is -2.22. The van der Waals surface area contributed by atoms with Gasteiger partial charge in [-0.3, -0.25) is 23.3 Å². The highest BCUT2D eigenvalue weighted by atomic mass is 35.5. The summed E-state index contributed by atoms with van der Waals surface area (Å²) in [6, 6.07) is 6.71. The van der Waals surface area contributed by atoms with Gasteiger partial charge in [-0.1, -0.05) is 30.3 Å². The minimum atomic E-state index is -3.88. The van der Waals surface area contributed by atoms with Crippen molar-refractivity contribution in [2.24, 2.45) is 5.92 Å². The topological polar surface area (TPSA) is 155 Å². The standard InChI is InChI=1S/C21H23ClN5O6P/c1-11-14(9-32-34(30)31-6-5-17(33-34)12-3-2-4-13(22)7-12)16(28)8-15(11)27-10-24-18-19(27)25-21(23)26-20(18)29/h2-4,7,10,14-17,28H,1,5-6,8-9H2,(H3,23,25,26,29)/t14-,15-,16-,17+,34?/m0/s1. The van der Waals surface area contributed by atoms with Crippen LogP contribution in [0.15, 0.2) is 47.5 Å². The molecule has 180 valence electrons.